The lowest BCUT2D eigenvalue weighted by atomic mass is 9.86. The summed E-state index contributed by atoms with van der Waals surface area (Å²) in [4.78, 5) is 34.9. The summed E-state index contributed by atoms with van der Waals surface area (Å²) in [6.07, 6.45) is 4.84. The first-order chi connectivity index (χ1) is 14.8. The molecule has 5 rings (SSSR count). The number of carbonyl (C=O) groups excluding carboxylic acids is 2. The minimum Gasteiger partial charge on any atom is -0.369 e. The van der Waals surface area contributed by atoms with E-state index in [4.69, 9.17) is 5.73 Å². The van der Waals surface area contributed by atoms with Gasteiger partial charge in [0.2, 0.25) is 17.8 Å². The highest BCUT2D eigenvalue weighted by atomic mass is 16.2. The van der Waals surface area contributed by atoms with E-state index < -0.39 is 5.41 Å². The monoisotopic (exact) mass is 420 g/mol. The van der Waals surface area contributed by atoms with Crippen molar-refractivity contribution in [3.05, 3.63) is 36.2 Å². The van der Waals surface area contributed by atoms with Crippen molar-refractivity contribution >= 4 is 40.6 Å². The van der Waals surface area contributed by atoms with E-state index in [1.807, 2.05) is 32.0 Å². The second kappa shape index (κ2) is 6.93. The molecule has 0 unspecified atom stereocenters. The summed E-state index contributed by atoms with van der Waals surface area (Å²) < 4.78 is 1.68. The Morgan fingerprint density at radius 2 is 2.06 bits per heavy atom. The molecule has 1 aromatic carbocycles. The molecule has 1 fully saturated rings. The van der Waals surface area contributed by atoms with Crippen LogP contribution in [0.5, 0.6) is 0 Å². The molecule has 4 N–H and O–H groups in total. The Bertz CT molecular complexity index is 1190. The molecule has 0 aliphatic carbocycles. The summed E-state index contributed by atoms with van der Waals surface area (Å²) in [5.41, 5.74) is 8.08. The molecule has 160 valence electrons. The summed E-state index contributed by atoms with van der Waals surface area (Å²) in [5, 5.41) is 10.7. The topological polar surface area (TPSA) is 131 Å². The Morgan fingerprint density at radius 1 is 1.29 bits per heavy atom. The first-order valence-electron chi connectivity index (χ1n) is 10.3. The number of nitrogens with zero attached hydrogens (tertiary/aromatic N) is 5. The molecule has 0 atom stereocenters. The molecule has 2 aromatic heterocycles. The summed E-state index contributed by atoms with van der Waals surface area (Å²) in [6, 6.07) is 5.75. The quantitative estimate of drug-likeness (QED) is 0.586. The van der Waals surface area contributed by atoms with Crippen molar-refractivity contribution in [2.24, 2.45) is 11.7 Å². The predicted octanol–water partition coefficient (Wildman–Crippen LogP) is 1.80. The van der Waals surface area contributed by atoms with E-state index in [0.29, 0.717) is 37.5 Å². The van der Waals surface area contributed by atoms with Crippen molar-refractivity contribution < 1.29 is 9.59 Å². The van der Waals surface area contributed by atoms with Crippen LogP contribution in [-0.2, 0) is 15.0 Å². The number of amides is 2. The van der Waals surface area contributed by atoms with Gasteiger partial charge in [0.25, 0.3) is 0 Å². The third-order valence-electron chi connectivity index (χ3n) is 6.20. The summed E-state index contributed by atoms with van der Waals surface area (Å²) >= 11 is 0. The maximum absolute atomic E-state index is 12.2. The molecule has 2 aliphatic heterocycles. The number of hydrogen-bond acceptors (Lipinski definition) is 7. The van der Waals surface area contributed by atoms with Crippen LogP contribution in [0.15, 0.2) is 30.6 Å². The van der Waals surface area contributed by atoms with Crippen LogP contribution < -0.4 is 21.3 Å². The van der Waals surface area contributed by atoms with Gasteiger partial charge in [-0.15, -0.1) is 5.10 Å². The first kappa shape index (κ1) is 19.3. The van der Waals surface area contributed by atoms with Gasteiger partial charge in [-0.05, 0) is 44.4 Å². The third kappa shape index (κ3) is 3.24. The Hall–Kier alpha value is -3.69. The third-order valence-corrected chi connectivity index (χ3v) is 6.20. The molecule has 2 aliphatic rings. The van der Waals surface area contributed by atoms with Gasteiger partial charge >= 0.3 is 0 Å². The van der Waals surface area contributed by atoms with E-state index in [0.717, 1.165) is 22.8 Å². The average molecular weight is 420 g/mol. The summed E-state index contributed by atoms with van der Waals surface area (Å²) in [5.74, 6) is 0.824. The van der Waals surface area contributed by atoms with Gasteiger partial charge < -0.3 is 21.3 Å². The van der Waals surface area contributed by atoms with Crippen LogP contribution >= 0.6 is 0 Å². The molecule has 10 heteroatoms. The van der Waals surface area contributed by atoms with Crippen molar-refractivity contribution in [3.63, 3.8) is 0 Å². The minimum atomic E-state index is -0.544. The molecule has 2 amide bonds. The first-order valence-corrected chi connectivity index (χ1v) is 10.3. The van der Waals surface area contributed by atoms with Crippen molar-refractivity contribution in [2.75, 3.05) is 28.6 Å². The number of fused-ring (bicyclic) bond motifs is 2. The van der Waals surface area contributed by atoms with E-state index in [-0.39, 0.29) is 17.7 Å². The van der Waals surface area contributed by atoms with E-state index in [2.05, 4.69) is 30.6 Å². The maximum atomic E-state index is 12.2. The Morgan fingerprint density at radius 3 is 2.81 bits per heavy atom. The van der Waals surface area contributed by atoms with Crippen LogP contribution in [0.25, 0.3) is 5.65 Å². The van der Waals surface area contributed by atoms with Gasteiger partial charge in [-0.25, -0.2) is 9.50 Å². The van der Waals surface area contributed by atoms with E-state index >= 15 is 0 Å². The van der Waals surface area contributed by atoms with E-state index in [1.165, 1.54) is 0 Å². The molecule has 10 nitrogen and oxygen atoms in total. The van der Waals surface area contributed by atoms with Crippen molar-refractivity contribution in [3.8, 4) is 0 Å². The van der Waals surface area contributed by atoms with Crippen LogP contribution in [-0.4, -0.2) is 44.5 Å². The zero-order chi connectivity index (χ0) is 21.8. The molecule has 31 heavy (non-hydrogen) atoms. The number of hydrogen-bond donors (Lipinski definition) is 3. The SMILES string of the molecule is CC1(C)C(=O)Nc2cc(Nc3nc4c(N5CCC(C(N)=O)CC5)nccn4n3)ccc21. The molecule has 0 radical (unpaired) electrons. The molecule has 3 aromatic rings. The Labute approximate surface area is 178 Å². The Balaban J connectivity index is 1.39. The van der Waals surface area contributed by atoms with E-state index in [1.54, 1.807) is 16.9 Å². The summed E-state index contributed by atoms with van der Waals surface area (Å²) in [7, 11) is 0. The maximum Gasteiger partial charge on any atom is 0.247 e. The number of anilines is 4. The fourth-order valence-corrected chi connectivity index (χ4v) is 4.26. The van der Waals surface area contributed by atoms with Crippen molar-refractivity contribution in [1.82, 2.24) is 19.6 Å². The van der Waals surface area contributed by atoms with Gasteiger partial charge in [0.05, 0.1) is 5.41 Å². The number of aromatic nitrogens is 4. The second-order valence-electron chi connectivity index (χ2n) is 8.58. The number of primary amides is 1. The predicted molar refractivity (Wildman–Crippen MR) is 116 cm³/mol. The lowest BCUT2D eigenvalue weighted by molar-refractivity contribution is -0.122. The van der Waals surface area contributed by atoms with Crippen LogP contribution in [0.1, 0.15) is 32.3 Å². The molecular weight excluding hydrogens is 396 g/mol. The Kier molecular flexibility index (Phi) is 4.31. The number of rotatable bonds is 4. The highest BCUT2D eigenvalue weighted by Gasteiger charge is 2.38. The average Bonchev–Trinajstić information content (AvgIpc) is 3.25. The fraction of sp³-hybridized carbons (Fsp3) is 0.381. The number of benzene rings is 1. The molecule has 4 heterocycles. The fourth-order valence-electron chi connectivity index (χ4n) is 4.26. The van der Waals surface area contributed by atoms with Crippen molar-refractivity contribution in [2.45, 2.75) is 32.1 Å². The highest BCUT2D eigenvalue weighted by molar-refractivity contribution is 6.06. The van der Waals surface area contributed by atoms with Gasteiger partial charge in [-0.2, -0.15) is 4.98 Å². The van der Waals surface area contributed by atoms with Crippen LogP contribution in [0.4, 0.5) is 23.1 Å². The number of piperidine rings is 1. The minimum absolute atomic E-state index is 0.0127. The molecule has 1 saturated heterocycles. The molecule has 0 saturated carbocycles. The number of nitrogens with two attached hydrogens (primary N) is 1. The van der Waals surface area contributed by atoms with Gasteiger partial charge in [-0.3, -0.25) is 9.59 Å². The molecule has 0 spiro atoms. The zero-order valence-electron chi connectivity index (χ0n) is 17.4. The smallest absolute Gasteiger partial charge is 0.247 e. The van der Waals surface area contributed by atoms with Crippen LogP contribution in [0.2, 0.25) is 0 Å². The molecular formula is C21H24N8O2. The van der Waals surface area contributed by atoms with Crippen molar-refractivity contribution in [1.29, 1.82) is 0 Å². The van der Waals surface area contributed by atoms with Gasteiger partial charge in [0, 0.05) is 42.8 Å². The normalized spacial score (nSPS) is 18.1. The van der Waals surface area contributed by atoms with Gasteiger partial charge in [0.15, 0.2) is 11.5 Å². The standard InChI is InChI=1S/C21H24N8O2/c1-21(2)14-4-3-13(11-15(14)25-19(21)31)24-20-26-18-17(23-7-10-29(18)27-20)28-8-5-12(6-9-28)16(22)30/h3-4,7,10-12H,5-6,8-9H2,1-2H3,(H2,22,30)(H,24,27)(H,25,31). The number of carbonyl (C=O) groups is 2. The van der Waals surface area contributed by atoms with E-state index in [9.17, 15) is 9.59 Å². The van der Waals surface area contributed by atoms with Gasteiger partial charge in [0.1, 0.15) is 0 Å². The zero-order valence-corrected chi connectivity index (χ0v) is 17.4. The van der Waals surface area contributed by atoms with Gasteiger partial charge in [-0.1, -0.05) is 6.07 Å². The van der Waals surface area contributed by atoms with Crippen LogP contribution in [0.3, 0.4) is 0 Å². The van der Waals surface area contributed by atoms with Crippen LogP contribution in [0, 0.1) is 5.92 Å². The number of nitrogens with one attached hydrogen (secondary N) is 2. The largest absolute Gasteiger partial charge is 0.369 e. The summed E-state index contributed by atoms with van der Waals surface area (Å²) in [6.45, 7) is 5.20. The molecule has 0 bridgehead atoms. The second-order valence-corrected chi connectivity index (χ2v) is 8.58. The lowest BCUT2D eigenvalue weighted by Gasteiger charge is -2.31. The lowest BCUT2D eigenvalue weighted by Crippen LogP contribution is -2.39. The highest BCUT2D eigenvalue weighted by Crippen LogP contribution is 2.39.